The second kappa shape index (κ2) is 8.89. The molecule has 29 heavy (non-hydrogen) atoms. The maximum Gasteiger partial charge on any atom is 0.252 e. The standard InChI is InChI=1S/C20H24ClFN2O3S2/c21-19-5-6-20(28-19)29(25,26)24-13-7-15(8-14-24)23-11-9-16(10-12-23)27-18-4-2-1-3-17(18)22/h1-6,15-16H,7-14H2. The average molecular weight is 459 g/mol. The van der Waals surface area contributed by atoms with Crippen molar-refractivity contribution in [2.45, 2.75) is 42.0 Å². The van der Waals surface area contributed by atoms with E-state index in [1.54, 1.807) is 34.6 Å². The summed E-state index contributed by atoms with van der Waals surface area (Å²) in [5, 5.41) is 0. The molecule has 1 aromatic carbocycles. The van der Waals surface area contributed by atoms with Gasteiger partial charge in [0.15, 0.2) is 11.6 Å². The first kappa shape index (κ1) is 21.1. The van der Waals surface area contributed by atoms with Crippen molar-refractivity contribution in [1.29, 1.82) is 0 Å². The number of nitrogens with zero attached hydrogens (tertiary/aromatic N) is 2. The number of benzene rings is 1. The van der Waals surface area contributed by atoms with Crippen molar-refractivity contribution in [1.82, 2.24) is 9.21 Å². The third-order valence-corrected chi connectivity index (χ3v) is 9.29. The lowest BCUT2D eigenvalue weighted by atomic mass is 10.00. The Kier molecular flexibility index (Phi) is 6.46. The van der Waals surface area contributed by atoms with E-state index < -0.39 is 10.0 Å². The zero-order valence-electron chi connectivity index (χ0n) is 16.0. The van der Waals surface area contributed by atoms with Crippen LogP contribution in [0.15, 0.2) is 40.6 Å². The Bertz CT molecular complexity index is 937. The number of thiophene rings is 1. The van der Waals surface area contributed by atoms with Crippen molar-refractivity contribution in [3.05, 3.63) is 46.6 Å². The molecule has 0 radical (unpaired) electrons. The van der Waals surface area contributed by atoms with Crippen LogP contribution in [0.2, 0.25) is 4.34 Å². The summed E-state index contributed by atoms with van der Waals surface area (Å²) >= 11 is 7.00. The van der Waals surface area contributed by atoms with Gasteiger partial charge < -0.3 is 9.64 Å². The Morgan fingerprint density at radius 1 is 1.00 bits per heavy atom. The molecule has 3 heterocycles. The fourth-order valence-electron chi connectivity index (χ4n) is 4.09. The molecule has 0 saturated carbocycles. The van der Waals surface area contributed by atoms with Crippen LogP contribution in [-0.2, 0) is 10.0 Å². The molecule has 0 N–H and O–H groups in total. The Morgan fingerprint density at radius 2 is 1.69 bits per heavy atom. The second-order valence-electron chi connectivity index (χ2n) is 7.48. The van der Waals surface area contributed by atoms with Gasteiger partial charge in [-0.3, -0.25) is 0 Å². The molecule has 158 valence electrons. The van der Waals surface area contributed by atoms with E-state index in [2.05, 4.69) is 4.90 Å². The summed E-state index contributed by atoms with van der Waals surface area (Å²) in [6, 6.07) is 10.1. The number of ether oxygens (including phenoxy) is 1. The molecular weight excluding hydrogens is 435 g/mol. The summed E-state index contributed by atoms with van der Waals surface area (Å²) in [7, 11) is -3.45. The van der Waals surface area contributed by atoms with Gasteiger partial charge in [0.2, 0.25) is 0 Å². The van der Waals surface area contributed by atoms with Crippen LogP contribution in [0.25, 0.3) is 0 Å². The summed E-state index contributed by atoms with van der Waals surface area (Å²) < 4.78 is 47.5. The molecule has 2 saturated heterocycles. The number of sulfonamides is 1. The van der Waals surface area contributed by atoms with Gasteiger partial charge >= 0.3 is 0 Å². The maximum atomic E-state index is 13.8. The van der Waals surface area contributed by atoms with E-state index in [0.717, 1.165) is 50.1 Å². The normalized spacial score (nSPS) is 20.8. The second-order valence-corrected chi connectivity index (χ2v) is 11.4. The molecule has 2 aliphatic rings. The van der Waals surface area contributed by atoms with Gasteiger partial charge in [-0.1, -0.05) is 23.7 Å². The summed E-state index contributed by atoms with van der Waals surface area (Å²) in [5.41, 5.74) is 0. The number of halogens is 2. The lowest BCUT2D eigenvalue weighted by molar-refractivity contribution is 0.0568. The van der Waals surface area contributed by atoms with Crippen LogP contribution in [0.1, 0.15) is 25.7 Å². The topological polar surface area (TPSA) is 49.9 Å². The summed E-state index contributed by atoms with van der Waals surface area (Å²) in [6.07, 6.45) is 3.35. The van der Waals surface area contributed by atoms with Crippen molar-refractivity contribution in [2.24, 2.45) is 0 Å². The Balaban J connectivity index is 1.27. The maximum absolute atomic E-state index is 13.8. The highest BCUT2D eigenvalue weighted by Gasteiger charge is 2.34. The molecule has 9 heteroatoms. The van der Waals surface area contributed by atoms with Gasteiger partial charge in [-0.2, -0.15) is 4.31 Å². The van der Waals surface area contributed by atoms with Gasteiger partial charge in [-0.15, -0.1) is 11.3 Å². The van der Waals surface area contributed by atoms with E-state index >= 15 is 0 Å². The predicted octanol–water partition coefficient (Wildman–Crippen LogP) is 4.24. The lowest BCUT2D eigenvalue weighted by Gasteiger charge is -2.41. The van der Waals surface area contributed by atoms with Gasteiger partial charge in [0.1, 0.15) is 10.3 Å². The van der Waals surface area contributed by atoms with Gasteiger partial charge in [-0.25, -0.2) is 12.8 Å². The van der Waals surface area contributed by atoms with Crippen molar-refractivity contribution in [3.8, 4) is 5.75 Å². The quantitative estimate of drug-likeness (QED) is 0.672. The van der Waals surface area contributed by atoms with Gasteiger partial charge in [0.25, 0.3) is 10.0 Å². The number of hydrogen-bond donors (Lipinski definition) is 0. The van der Waals surface area contributed by atoms with E-state index in [-0.39, 0.29) is 11.9 Å². The smallest absolute Gasteiger partial charge is 0.252 e. The van der Waals surface area contributed by atoms with Crippen molar-refractivity contribution < 1.29 is 17.5 Å². The van der Waals surface area contributed by atoms with Crippen LogP contribution >= 0.6 is 22.9 Å². The minimum absolute atomic E-state index is 0.0205. The highest BCUT2D eigenvalue weighted by molar-refractivity contribution is 7.91. The van der Waals surface area contributed by atoms with Crippen LogP contribution in [0.3, 0.4) is 0 Å². The molecule has 0 aliphatic carbocycles. The molecule has 0 bridgehead atoms. The highest BCUT2D eigenvalue weighted by atomic mass is 35.5. The number of piperidine rings is 2. The summed E-state index contributed by atoms with van der Waals surface area (Å²) in [4.78, 5) is 2.42. The fourth-order valence-corrected chi connectivity index (χ4v) is 7.20. The molecule has 0 atom stereocenters. The van der Waals surface area contributed by atoms with E-state index in [4.69, 9.17) is 16.3 Å². The number of hydrogen-bond acceptors (Lipinski definition) is 5. The van der Waals surface area contributed by atoms with Crippen molar-refractivity contribution >= 4 is 33.0 Å². The van der Waals surface area contributed by atoms with Gasteiger partial charge in [0, 0.05) is 32.2 Å². The molecule has 4 rings (SSSR count). The Labute approximate surface area is 180 Å². The van der Waals surface area contributed by atoms with Gasteiger partial charge in [-0.05, 0) is 49.9 Å². The fraction of sp³-hybridized carbons (Fsp3) is 0.500. The van der Waals surface area contributed by atoms with Gasteiger partial charge in [0.05, 0.1) is 4.34 Å². The van der Waals surface area contributed by atoms with Crippen LogP contribution in [0.5, 0.6) is 5.75 Å². The minimum Gasteiger partial charge on any atom is -0.487 e. The first-order valence-corrected chi connectivity index (χ1v) is 12.5. The summed E-state index contributed by atoms with van der Waals surface area (Å²) in [5.74, 6) is -0.00585. The van der Waals surface area contributed by atoms with E-state index in [0.29, 0.717) is 33.4 Å². The monoisotopic (exact) mass is 458 g/mol. The number of likely N-dealkylation sites (tertiary alicyclic amines) is 1. The number of para-hydroxylation sites is 1. The minimum atomic E-state index is -3.45. The average Bonchev–Trinajstić information content (AvgIpc) is 3.18. The van der Waals surface area contributed by atoms with E-state index in [1.165, 1.54) is 6.07 Å². The van der Waals surface area contributed by atoms with E-state index in [1.807, 2.05) is 0 Å². The largest absolute Gasteiger partial charge is 0.487 e. The molecule has 5 nitrogen and oxygen atoms in total. The Morgan fingerprint density at radius 3 is 2.31 bits per heavy atom. The molecule has 2 aliphatic heterocycles. The molecule has 1 aromatic heterocycles. The molecule has 0 unspecified atom stereocenters. The third kappa shape index (κ3) is 4.77. The van der Waals surface area contributed by atoms with Crippen LogP contribution in [0.4, 0.5) is 4.39 Å². The van der Waals surface area contributed by atoms with Crippen LogP contribution in [-0.4, -0.2) is 55.9 Å². The van der Waals surface area contributed by atoms with Crippen LogP contribution < -0.4 is 4.74 Å². The molecule has 0 spiro atoms. The zero-order chi connectivity index (χ0) is 20.4. The molecule has 2 fully saturated rings. The van der Waals surface area contributed by atoms with Crippen molar-refractivity contribution in [2.75, 3.05) is 26.2 Å². The van der Waals surface area contributed by atoms with Crippen LogP contribution in [0, 0.1) is 5.82 Å². The molecular formula is C20H24ClFN2O3S2. The van der Waals surface area contributed by atoms with E-state index in [9.17, 15) is 12.8 Å². The summed E-state index contributed by atoms with van der Waals surface area (Å²) in [6.45, 7) is 2.82. The number of rotatable bonds is 5. The van der Waals surface area contributed by atoms with Crippen molar-refractivity contribution in [3.63, 3.8) is 0 Å². The molecule has 2 aromatic rings. The predicted molar refractivity (Wildman–Crippen MR) is 113 cm³/mol. The highest BCUT2D eigenvalue weighted by Crippen LogP contribution is 2.31. The Hall–Kier alpha value is -1.19. The molecule has 0 amide bonds. The zero-order valence-corrected chi connectivity index (χ0v) is 18.4. The first-order chi connectivity index (χ1) is 13.9. The lowest BCUT2D eigenvalue weighted by Crippen LogP contribution is -2.50. The third-order valence-electron chi connectivity index (χ3n) is 5.69. The first-order valence-electron chi connectivity index (χ1n) is 9.84. The SMILES string of the molecule is O=S(=O)(c1ccc(Cl)s1)N1CCC(N2CCC(Oc3ccccc3F)CC2)CC1.